The molecule has 1 fully saturated rings. The number of hydrogen-bond donors (Lipinski definition) is 1. The van der Waals surface area contributed by atoms with E-state index < -0.39 is 11.6 Å². The first-order valence-corrected chi connectivity index (χ1v) is 7.57. The van der Waals surface area contributed by atoms with Gasteiger partial charge in [0, 0.05) is 18.0 Å². The van der Waals surface area contributed by atoms with Crippen LogP contribution < -0.4 is 4.74 Å². The number of methoxy groups -OCH3 is 1. The van der Waals surface area contributed by atoms with E-state index in [0.717, 1.165) is 30.3 Å². The molecule has 1 aliphatic rings. The van der Waals surface area contributed by atoms with E-state index in [0.29, 0.717) is 24.3 Å². The Labute approximate surface area is 128 Å². The molecule has 0 saturated carbocycles. The van der Waals surface area contributed by atoms with Crippen LogP contribution in [0.25, 0.3) is 11.0 Å². The first kappa shape index (κ1) is 14.7. The number of benzene rings is 1. The summed E-state index contributed by atoms with van der Waals surface area (Å²) >= 11 is 0. The molecule has 3 rings (SSSR count). The Kier molecular flexibility index (Phi) is 3.68. The third-order valence-corrected chi connectivity index (χ3v) is 4.67. The van der Waals surface area contributed by atoms with Crippen molar-refractivity contribution < 1.29 is 19.2 Å². The Morgan fingerprint density at radius 3 is 3.00 bits per heavy atom. The number of carbonyl (C=O) groups is 1. The number of rotatable bonds is 3. The summed E-state index contributed by atoms with van der Waals surface area (Å²) in [6.45, 7) is 2.54. The van der Waals surface area contributed by atoms with Crippen LogP contribution in [0.3, 0.4) is 0 Å². The molecule has 1 N–H and O–H groups in total. The maximum absolute atomic E-state index is 11.7. The van der Waals surface area contributed by atoms with E-state index in [2.05, 4.69) is 5.16 Å². The fourth-order valence-electron chi connectivity index (χ4n) is 3.48. The van der Waals surface area contributed by atoms with Crippen molar-refractivity contribution in [2.45, 2.75) is 38.1 Å². The summed E-state index contributed by atoms with van der Waals surface area (Å²) in [4.78, 5) is 13.2. The second-order valence-corrected chi connectivity index (χ2v) is 5.67. The highest BCUT2D eigenvalue weighted by Gasteiger charge is 2.45. The molecular formula is C16H20N2O4. The molecule has 1 saturated heterocycles. The van der Waals surface area contributed by atoms with Gasteiger partial charge >= 0.3 is 6.09 Å². The summed E-state index contributed by atoms with van der Waals surface area (Å²) in [5.74, 6) is 0.694. The number of ether oxygens (including phenoxy) is 1. The first-order chi connectivity index (χ1) is 10.6. The van der Waals surface area contributed by atoms with E-state index in [-0.39, 0.29) is 0 Å². The molecule has 22 heavy (non-hydrogen) atoms. The van der Waals surface area contributed by atoms with E-state index in [1.807, 2.05) is 19.1 Å². The minimum absolute atomic E-state index is 0.535. The summed E-state index contributed by atoms with van der Waals surface area (Å²) in [5.41, 5.74) is 0.733. The van der Waals surface area contributed by atoms with Crippen LogP contribution in [0.1, 0.15) is 38.3 Å². The molecule has 0 aliphatic carbocycles. The number of hydrogen-bond acceptors (Lipinski definition) is 4. The van der Waals surface area contributed by atoms with Crippen molar-refractivity contribution in [1.29, 1.82) is 0 Å². The Balaban J connectivity index is 2.15. The number of nitrogens with zero attached hydrogens (tertiary/aromatic N) is 2. The van der Waals surface area contributed by atoms with E-state index in [1.165, 1.54) is 4.90 Å². The predicted octanol–water partition coefficient (Wildman–Crippen LogP) is 3.61. The van der Waals surface area contributed by atoms with Crippen LogP contribution in [0.4, 0.5) is 4.79 Å². The number of amides is 1. The van der Waals surface area contributed by atoms with E-state index >= 15 is 0 Å². The van der Waals surface area contributed by atoms with Crippen molar-refractivity contribution >= 4 is 17.1 Å². The van der Waals surface area contributed by atoms with Crippen LogP contribution in [-0.2, 0) is 5.54 Å². The van der Waals surface area contributed by atoms with Crippen molar-refractivity contribution in [1.82, 2.24) is 10.1 Å². The molecule has 118 valence electrons. The molecule has 1 aliphatic heterocycles. The van der Waals surface area contributed by atoms with Gasteiger partial charge in [0.1, 0.15) is 11.4 Å². The largest absolute Gasteiger partial charge is 0.497 e. The van der Waals surface area contributed by atoms with Gasteiger partial charge in [-0.3, -0.25) is 4.90 Å². The van der Waals surface area contributed by atoms with Crippen LogP contribution in [0.2, 0.25) is 0 Å². The predicted molar refractivity (Wildman–Crippen MR) is 81.1 cm³/mol. The third-order valence-electron chi connectivity index (χ3n) is 4.67. The normalized spacial score (nSPS) is 22.0. The summed E-state index contributed by atoms with van der Waals surface area (Å²) < 4.78 is 10.6. The van der Waals surface area contributed by atoms with Gasteiger partial charge in [-0.15, -0.1) is 0 Å². The smallest absolute Gasteiger partial charge is 0.408 e. The third kappa shape index (κ3) is 2.10. The van der Waals surface area contributed by atoms with E-state index in [9.17, 15) is 9.90 Å². The Bertz CT molecular complexity index is 697. The lowest BCUT2D eigenvalue weighted by Crippen LogP contribution is -2.51. The molecule has 1 aromatic carbocycles. The molecule has 0 spiro atoms. The highest BCUT2D eigenvalue weighted by Crippen LogP contribution is 2.43. The summed E-state index contributed by atoms with van der Waals surface area (Å²) in [7, 11) is 1.60. The molecule has 1 amide bonds. The highest BCUT2D eigenvalue weighted by molar-refractivity contribution is 5.82. The van der Waals surface area contributed by atoms with Crippen molar-refractivity contribution in [3.63, 3.8) is 0 Å². The molecule has 6 nitrogen and oxygen atoms in total. The van der Waals surface area contributed by atoms with Crippen LogP contribution in [0.15, 0.2) is 22.7 Å². The second kappa shape index (κ2) is 5.51. The van der Waals surface area contributed by atoms with Crippen molar-refractivity contribution in [2.24, 2.45) is 0 Å². The van der Waals surface area contributed by atoms with Crippen molar-refractivity contribution in [3.8, 4) is 5.75 Å². The Hall–Kier alpha value is -2.24. The molecule has 1 unspecified atom stereocenters. The van der Waals surface area contributed by atoms with Gasteiger partial charge in [-0.2, -0.15) is 0 Å². The summed E-state index contributed by atoms with van der Waals surface area (Å²) in [6, 6.07) is 5.52. The molecular weight excluding hydrogens is 284 g/mol. The fraction of sp³-hybridized carbons (Fsp3) is 0.500. The zero-order valence-corrected chi connectivity index (χ0v) is 12.8. The lowest BCUT2D eigenvalue weighted by atomic mass is 9.80. The molecule has 2 heterocycles. The quantitative estimate of drug-likeness (QED) is 0.937. The molecule has 0 bridgehead atoms. The van der Waals surface area contributed by atoms with Crippen LogP contribution in [0.5, 0.6) is 5.75 Å². The monoisotopic (exact) mass is 304 g/mol. The van der Waals surface area contributed by atoms with Crippen LogP contribution >= 0.6 is 0 Å². The van der Waals surface area contributed by atoms with Crippen molar-refractivity contribution in [3.05, 3.63) is 23.9 Å². The lowest BCUT2D eigenvalue weighted by molar-refractivity contribution is 0.0379. The van der Waals surface area contributed by atoms with Gasteiger partial charge in [-0.25, -0.2) is 4.79 Å². The number of carboxylic acid groups (broad SMARTS) is 1. The number of aromatic nitrogens is 1. The Morgan fingerprint density at radius 2 is 2.32 bits per heavy atom. The molecule has 0 radical (unpaired) electrons. The number of likely N-dealkylation sites (tertiary alicyclic amines) is 1. The molecule has 1 atom stereocenters. The second-order valence-electron chi connectivity index (χ2n) is 5.67. The zero-order valence-electron chi connectivity index (χ0n) is 12.8. The Morgan fingerprint density at radius 1 is 1.50 bits per heavy atom. The highest BCUT2D eigenvalue weighted by atomic mass is 16.5. The summed E-state index contributed by atoms with van der Waals surface area (Å²) in [5, 5.41) is 14.7. The van der Waals surface area contributed by atoms with Gasteiger partial charge in [-0.05, 0) is 37.8 Å². The zero-order chi connectivity index (χ0) is 15.7. The average molecular weight is 304 g/mol. The van der Waals surface area contributed by atoms with Crippen molar-refractivity contribution in [2.75, 3.05) is 13.7 Å². The summed E-state index contributed by atoms with van der Waals surface area (Å²) in [6.07, 6.45) is 2.42. The SMILES string of the molecule is CCC1(c2noc3cc(OC)ccc23)CCCCN1C(=O)O. The van der Waals surface area contributed by atoms with Crippen LogP contribution in [-0.4, -0.2) is 34.9 Å². The minimum Gasteiger partial charge on any atom is -0.497 e. The number of fused-ring (bicyclic) bond motifs is 1. The minimum atomic E-state index is -0.897. The maximum Gasteiger partial charge on any atom is 0.408 e. The molecule has 2 aromatic rings. The lowest BCUT2D eigenvalue weighted by Gasteiger charge is -2.44. The van der Waals surface area contributed by atoms with Gasteiger partial charge in [0.15, 0.2) is 5.58 Å². The first-order valence-electron chi connectivity index (χ1n) is 7.57. The fourth-order valence-corrected chi connectivity index (χ4v) is 3.48. The van der Waals surface area contributed by atoms with E-state index in [4.69, 9.17) is 9.26 Å². The average Bonchev–Trinajstić information content (AvgIpc) is 2.97. The van der Waals surface area contributed by atoms with Gasteiger partial charge < -0.3 is 14.4 Å². The van der Waals surface area contributed by atoms with Gasteiger partial charge in [0.2, 0.25) is 0 Å². The molecule has 6 heteroatoms. The van der Waals surface area contributed by atoms with Gasteiger partial charge in [0.25, 0.3) is 0 Å². The topological polar surface area (TPSA) is 75.8 Å². The number of piperidine rings is 1. The molecule has 1 aromatic heterocycles. The maximum atomic E-state index is 11.7. The van der Waals surface area contributed by atoms with Gasteiger partial charge in [-0.1, -0.05) is 12.1 Å². The van der Waals surface area contributed by atoms with Crippen LogP contribution in [0, 0.1) is 0 Å². The van der Waals surface area contributed by atoms with Gasteiger partial charge in [0.05, 0.1) is 12.6 Å². The standard InChI is InChI=1S/C16H20N2O4/c1-3-16(8-4-5-9-18(16)15(19)20)14-12-7-6-11(21-2)10-13(12)22-17-14/h6-7,10H,3-5,8-9H2,1-2H3,(H,19,20). The van der Waals surface area contributed by atoms with E-state index in [1.54, 1.807) is 13.2 Å².